The maximum atomic E-state index is 13.3. The molecular formula is C28H37N5O2. The summed E-state index contributed by atoms with van der Waals surface area (Å²) >= 11 is 0. The third kappa shape index (κ3) is 6.10. The van der Waals surface area contributed by atoms with Crippen molar-refractivity contribution in [2.24, 2.45) is 0 Å². The van der Waals surface area contributed by atoms with Gasteiger partial charge in [-0.1, -0.05) is 63.2 Å². The molecule has 2 aromatic carbocycles. The van der Waals surface area contributed by atoms with E-state index in [1.807, 2.05) is 28.9 Å². The summed E-state index contributed by atoms with van der Waals surface area (Å²) in [5.74, 6) is 0.870. The molecule has 3 aromatic rings. The van der Waals surface area contributed by atoms with Gasteiger partial charge in [-0.2, -0.15) is 5.10 Å². The molecule has 0 spiro atoms. The molecule has 2 heterocycles. The monoisotopic (exact) mass is 475 g/mol. The number of nitrogens with one attached hydrogen (secondary N) is 2. The lowest BCUT2D eigenvalue weighted by Gasteiger charge is -2.21. The lowest BCUT2D eigenvalue weighted by Crippen LogP contribution is -2.42. The van der Waals surface area contributed by atoms with E-state index >= 15 is 0 Å². The van der Waals surface area contributed by atoms with Crippen LogP contribution in [0.3, 0.4) is 0 Å². The Kier molecular flexibility index (Phi) is 7.57. The Labute approximate surface area is 208 Å². The van der Waals surface area contributed by atoms with Crippen LogP contribution < -0.4 is 10.6 Å². The Hall–Kier alpha value is -3.16. The van der Waals surface area contributed by atoms with Crippen molar-refractivity contribution in [3.8, 4) is 5.69 Å². The SMILES string of the molecule is COCCN1CC(c2ccccc2)[C@H](NC(=O)Nc2cc(C(C)(C)C)nn2-c2cccc(C)c2)C1. The van der Waals surface area contributed by atoms with Gasteiger partial charge < -0.3 is 10.1 Å². The molecule has 7 nitrogen and oxygen atoms in total. The van der Waals surface area contributed by atoms with Crippen LogP contribution in [-0.2, 0) is 10.2 Å². The van der Waals surface area contributed by atoms with E-state index in [0.29, 0.717) is 12.4 Å². The Morgan fingerprint density at radius 2 is 1.86 bits per heavy atom. The molecule has 0 aliphatic carbocycles. The number of benzene rings is 2. The molecule has 35 heavy (non-hydrogen) atoms. The minimum absolute atomic E-state index is 0.00770. The van der Waals surface area contributed by atoms with Crippen LogP contribution in [0.5, 0.6) is 0 Å². The molecule has 0 saturated carbocycles. The number of anilines is 1. The summed E-state index contributed by atoms with van der Waals surface area (Å²) in [6, 6.07) is 20.3. The van der Waals surface area contributed by atoms with Gasteiger partial charge in [0.1, 0.15) is 5.82 Å². The number of carbonyl (C=O) groups excluding carboxylic acids is 1. The minimum atomic E-state index is -0.223. The number of carbonyl (C=O) groups is 1. The van der Waals surface area contributed by atoms with E-state index in [2.05, 4.69) is 79.6 Å². The number of hydrogen-bond donors (Lipinski definition) is 2. The zero-order chi connectivity index (χ0) is 25.0. The fourth-order valence-corrected chi connectivity index (χ4v) is 4.59. The maximum absolute atomic E-state index is 13.3. The standard InChI is InChI=1S/C28H37N5O2/c1-20-10-9-13-22(16-20)33-26(17-25(31-33)28(2,3)4)30-27(34)29-24-19-32(14-15-35-5)18-23(24)21-11-7-6-8-12-21/h6-13,16-17,23-24H,14-15,18-19H2,1-5H3,(H2,29,30,34)/t23?,24-/m1/s1. The Balaban J connectivity index is 1.55. The summed E-state index contributed by atoms with van der Waals surface area (Å²) in [5.41, 5.74) is 4.07. The van der Waals surface area contributed by atoms with E-state index < -0.39 is 0 Å². The van der Waals surface area contributed by atoms with E-state index in [1.165, 1.54) is 5.56 Å². The number of methoxy groups -OCH3 is 1. The highest BCUT2D eigenvalue weighted by Crippen LogP contribution is 2.29. The van der Waals surface area contributed by atoms with Crippen molar-refractivity contribution in [3.05, 3.63) is 77.5 Å². The normalized spacial score (nSPS) is 18.5. The van der Waals surface area contributed by atoms with E-state index in [0.717, 1.165) is 36.6 Å². The molecule has 186 valence electrons. The first-order valence-electron chi connectivity index (χ1n) is 12.3. The van der Waals surface area contributed by atoms with E-state index in [4.69, 9.17) is 9.84 Å². The number of likely N-dealkylation sites (tertiary alicyclic amines) is 1. The van der Waals surface area contributed by atoms with Crippen molar-refractivity contribution in [3.63, 3.8) is 0 Å². The van der Waals surface area contributed by atoms with Crippen molar-refractivity contribution >= 4 is 11.8 Å². The van der Waals surface area contributed by atoms with E-state index in [-0.39, 0.29) is 23.4 Å². The molecule has 0 bridgehead atoms. The average Bonchev–Trinajstić information content (AvgIpc) is 3.42. The fourth-order valence-electron chi connectivity index (χ4n) is 4.59. The summed E-state index contributed by atoms with van der Waals surface area (Å²) in [6.45, 7) is 11.6. The van der Waals surface area contributed by atoms with Crippen molar-refractivity contribution in [2.45, 2.75) is 45.1 Å². The largest absolute Gasteiger partial charge is 0.383 e. The number of ether oxygens (including phenoxy) is 1. The van der Waals surface area contributed by atoms with Gasteiger partial charge in [0.15, 0.2) is 0 Å². The summed E-state index contributed by atoms with van der Waals surface area (Å²) in [7, 11) is 1.72. The third-order valence-corrected chi connectivity index (χ3v) is 6.52. The second kappa shape index (κ2) is 10.6. The van der Waals surface area contributed by atoms with Gasteiger partial charge in [0.2, 0.25) is 0 Å². The molecule has 1 unspecified atom stereocenters. The molecule has 1 fully saturated rings. The molecule has 1 aliphatic heterocycles. The second-order valence-electron chi connectivity index (χ2n) is 10.4. The van der Waals surface area contributed by atoms with Crippen molar-refractivity contribution in [2.75, 3.05) is 38.7 Å². The highest BCUT2D eigenvalue weighted by molar-refractivity contribution is 5.89. The van der Waals surface area contributed by atoms with Crippen molar-refractivity contribution in [1.82, 2.24) is 20.0 Å². The molecule has 4 rings (SSSR count). The van der Waals surface area contributed by atoms with Crippen LogP contribution in [-0.4, -0.2) is 60.1 Å². The lowest BCUT2D eigenvalue weighted by molar-refractivity contribution is 0.159. The first kappa shape index (κ1) is 24.9. The summed E-state index contributed by atoms with van der Waals surface area (Å²) < 4.78 is 7.10. The van der Waals surface area contributed by atoms with Crippen LogP contribution in [0.15, 0.2) is 60.7 Å². The molecule has 1 aliphatic rings. The van der Waals surface area contributed by atoms with Gasteiger partial charge in [0, 0.05) is 44.1 Å². The smallest absolute Gasteiger partial charge is 0.320 e. The lowest BCUT2D eigenvalue weighted by atomic mass is 9.92. The first-order valence-corrected chi connectivity index (χ1v) is 12.3. The first-order chi connectivity index (χ1) is 16.7. The number of rotatable bonds is 7. The molecule has 2 atom stereocenters. The Bertz CT molecular complexity index is 1140. The van der Waals surface area contributed by atoms with Gasteiger partial charge in [-0.3, -0.25) is 10.2 Å². The summed E-state index contributed by atoms with van der Waals surface area (Å²) in [5, 5.41) is 11.2. The second-order valence-corrected chi connectivity index (χ2v) is 10.4. The van der Waals surface area contributed by atoms with Crippen LogP contribution in [0.1, 0.15) is 43.5 Å². The molecule has 2 amide bonds. The van der Waals surface area contributed by atoms with Gasteiger partial charge in [-0.25, -0.2) is 9.48 Å². The van der Waals surface area contributed by atoms with Gasteiger partial charge in [-0.15, -0.1) is 0 Å². The predicted molar refractivity (Wildman–Crippen MR) is 140 cm³/mol. The molecule has 7 heteroatoms. The number of aryl methyl sites for hydroxylation is 1. The highest BCUT2D eigenvalue weighted by atomic mass is 16.5. The zero-order valence-corrected chi connectivity index (χ0v) is 21.4. The average molecular weight is 476 g/mol. The topological polar surface area (TPSA) is 71.4 Å². The van der Waals surface area contributed by atoms with Gasteiger partial charge in [-0.05, 0) is 30.2 Å². The van der Waals surface area contributed by atoms with Crippen molar-refractivity contribution in [1.29, 1.82) is 0 Å². The highest BCUT2D eigenvalue weighted by Gasteiger charge is 2.34. The van der Waals surface area contributed by atoms with Crippen molar-refractivity contribution < 1.29 is 9.53 Å². The summed E-state index contributed by atoms with van der Waals surface area (Å²) in [4.78, 5) is 15.6. The quantitative estimate of drug-likeness (QED) is 0.519. The number of aromatic nitrogens is 2. The Morgan fingerprint density at radius 3 is 2.54 bits per heavy atom. The molecular weight excluding hydrogens is 438 g/mol. The van der Waals surface area contributed by atoms with Crippen LogP contribution >= 0.6 is 0 Å². The number of amides is 2. The number of nitrogens with zero attached hydrogens (tertiary/aromatic N) is 3. The predicted octanol–water partition coefficient (Wildman–Crippen LogP) is 4.71. The van der Waals surface area contributed by atoms with E-state index in [9.17, 15) is 4.79 Å². The minimum Gasteiger partial charge on any atom is -0.383 e. The number of hydrogen-bond acceptors (Lipinski definition) is 4. The molecule has 2 N–H and O–H groups in total. The fraction of sp³-hybridized carbons (Fsp3) is 0.429. The van der Waals surface area contributed by atoms with Gasteiger partial charge >= 0.3 is 6.03 Å². The van der Waals surface area contributed by atoms with Crippen LogP contribution in [0.25, 0.3) is 5.69 Å². The number of urea groups is 1. The van der Waals surface area contributed by atoms with E-state index in [1.54, 1.807) is 7.11 Å². The Morgan fingerprint density at radius 1 is 1.09 bits per heavy atom. The third-order valence-electron chi connectivity index (χ3n) is 6.52. The molecule has 1 saturated heterocycles. The summed E-state index contributed by atoms with van der Waals surface area (Å²) in [6.07, 6.45) is 0. The molecule has 0 radical (unpaired) electrons. The van der Waals surface area contributed by atoms with Crippen LogP contribution in [0, 0.1) is 6.92 Å². The molecule has 1 aromatic heterocycles. The van der Waals surface area contributed by atoms with Gasteiger partial charge in [0.25, 0.3) is 0 Å². The van der Waals surface area contributed by atoms with Crippen LogP contribution in [0.4, 0.5) is 10.6 Å². The maximum Gasteiger partial charge on any atom is 0.320 e. The zero-order valence-electron chi connectivity index (χ0n) is 21.4. The van der Waals surface area contributed by atoms with Gasteiger partial charge in [0.05, 0.1) is 24.0 Å². The van der Waals surface area contributed by atoms with Crippen LogP contribution in [0.2, 0.25) is 0 Å².